The van der Waals surface area contributed by atoms with E-state index in [1.807, 2.05) is 0 Å². The highest BCUT2D eigenvalue weighted by Gasteiger charge is 2.41. The Morgan fingerprint density at radius 2 is 1.47 bits per heavy atom. The average Bonchev–Trinajstić information content (AvgIpc) is 2.59. The van der Waals surface area contributed by atoms with Crippen LogP contribution in [0.3, 0.4) is 0 Å². The van der Waals surface area contributed by atoms with Crippen molar-refractivity contribution < 1.29 is 5.11 Å². The molecule has 0 amide bonds. The van der Waals surface area contributed by atoms with Gasteiger partial charge in [0.2, 0.25) is 0 Å². The van der Waals surface area contributed by atoms with Gasteiger partial charge in [0, 0.05) is 0 Å². The molecule has 1 spiro atoms. The van der Waals surface area contributed by atoms with E-state index in [9.17, 15) is 5.11 Å². The summed E-state index contributed by atoms with van der Waals surface area (Å²) in [7, 11) is 0. The molecule has 0 radical (unpaired) electrons. The van der Waals surface area contributed by atoms with Gasteiger partial charge in [-0.25, -0.2) is 0 Å². The van der Waals surface area contributed by atoms with Crippen LogP contribution in [0.25, 0.3) is 0 Å². The Bertz CT molecular complexity index is 245. The van der Waals surface area contributed by atoms with Crippen molar-refractivity contribution in [3.63, 3.8) is 0 Å². The van der Waals surface area contributed by atoms with Crippen LogP contribution in [0.2, 0.25) is 0 Å². The molecule has 1 N–H and O–H groups in total. The van der Waals surface area contributed by atoms with E-state index in [0.717, 1.165) is 12.8 Å². The van der Waals surface area contributed by atoms with Crippen molar-refractivity contribution in [1.82, 2.24) is 0 Å². The molecule has 0 unspecified atom stereocenters. The normalized spacial score (nSPS) is 27.9. The first-order chi connectivity index (χ1) is 7.04. The fourth-order valence-corrected chi connectivity index (χ4v) is 3.52. The first-order valence-electron chi connectivity index (χ1n) is 6.42. The van der Waals surface area contributed by atoms with E-state index in [4.69, 9.17) is 0 Å². The highest BCUT2D eigenvalue weighted by atomic mass is 16.3. The Balaban J connectivity index is 1.99. The number of aliphatic hydroxyl groups is 1. The van der Waals surface area contributed by atoms with E-state index in [1.165, 1.54) is 44.1 Å². The Kier molecular flexibility index (Phi) is 2.94. The van der Waals surface area contributed by atoms with Gasteiger partial charge in [0.1, 0.15) is 0 Å². The van der Waals surface area contributed by atoms with Crippen molar-refractivity contribution in [3.05, 3.63) is 11.6 Å². The minimum absolute atomic E-state index is 0.479. The lowest BCUT2D eigenvalue weighted by Gasteiger charge is -2.41. The standard InChI is InChI=1S/C14H24O/c1-12(2)11-14(15)9-7-13(8-10-14)5-3-4-6-13/h11,15H,3-10H2,1-2H3. The molecule has 0 aliphatic heterocycles. The zero-order valence-electron chi connectivity index (χ0n) is 10.2. The maximum atomic E-state index is 10.4. The number of rotatable bonds is 1. The molecule has 2 saturated carbocycles. The van der Waals surface area contributed by atoms with E-state index >= 15 is 0 Å². The third-order valence-electron chi connectivity index (χ3n) is 4.40. The SMILES string of the molecule is CC(C)=CC1(O)CCC2(CCCC2)CC1. The molecule has 2 fully saturated rings. The number of hydrogen-bond donors (Lipinski definition) is 1. The molecule has 0 heterocycles. The van der Waals surface area contributed by atoms with Gasteiger partial charge in [0.25, 0.3) is 0 Å². The predicted molar refractivity (Wildman–Crippen MR) is 63.7 cm³/mol. The fraction of sp³-hybridized carbons (Fsp3) is 0.857. The third-order valence-corrected chi connectivity index (χ3v) is 4.40. The van der Waals surface area contributed by atoms with Crippen molar-refractivity contribution >= 4 is 0 Å². The predicted octanol–water partition coefficient (Wildman–Crippen LogP) is 3.82. The van der Waals surface area contributed by atoms with Crippen LogP contribution in [0.1, 0.15) is 65.2 Å². The minimum atomic E-state index is -0.479. The molecule has 0 aromatic carbocycles. The molecule has 2 aliphatic carbocycles. The molecule has 2 aliphatic rings. The summed E-state index contributed by atoms with van der Waals surface area (Å²) in [5, 5.41) is 10.4. The van der Waals surface area contributed by atoms with Crippen molar-refractivity contribution in [2.45, 2.75) is 70.8 Å². The van der Waals surface area contributed by atoms with Crippen molar-refractivity contribution in [2.24, 2.45) is 5.41 Å². The molecule has 1 heteroatoms. The first kappa shape index (κ1) is 11.2. The third kappa shape index (κ3) is 2.44. The fourth-order valence-electron chi connectivity index (χ4n) is 3.52. The summed E-state index contributed by atoms with van der Waals surface area (Å²) in [6, 6.07) is 0. The Hall–Kier alpha value is -0.300. The molecule has 0 aromatic rings. The maximum absolute atomic E-state index is 10.4. The molecule has 1 nitrogen and oxygen atoms in total. The number of hydrogen-bond acceptors (Lipinski definition) is 1. The van der Waals surface area contributed by atoms with Crippen LogP contribution in [0.15, 0.2) is 11.6 Å². The summed E-state index contributed by atoms with van der Waals surface area (Å²) in [5.74, 6) is 0. The molecule has 0 saturated heterocycles. The summed E-state index contributed by atoms with van der Waals surface area (Å²) in [5.41, 5.74) is 1.40. The van der Waals surface area contributed by atoms with Gasteiger partial charge in [-0.2, -0.15) is 0 Å². The summed E-state index contributed by atoms with van der Waals surface area (Å²) < 4.78 is 0. The summed E-state index contributed by atoms with van der Waals surface area (Å²) in [6.07, 6.45) is 12.2. The van der Waals surface area contributed by atoms with Gasteiger partial charge in [-0.15, -0.1) is 0 Å². The second kappa shape index (κ2) is 3.93. The lowest BCUT2D eigenvalue weighted by molar-refractivity contribution is 0.00508. The zero-order valence-corrected chi connectivity index (χ0v) is 10.2. The van der Waals surface area contributed by atoms with Gasteiger partial charge >= 0.3 is 0 Å². The molecule has 86 valence electrons. The second-order valence-corrected chi connectivity index (χ2v) is 6.03. The average molecular weight is 208 g/mol. The minimum Gasteiger partial charge on any atom is -0.386 e. The van der Waals surface area contributed by atoms with Gasteiger partial charge in [0.15, 0.2) is 0 Å². The molecule has 2 rings (SSSR count). The number of allylic oxidation sites excluding steroid dienone is 1. The van der Waals surface area contributed by atoms with Crippen LogP contribution in [-0.4, -0.2) is 10.7 Å². The molecule has 0 bridgehead atoms. The highest BCUT2D eigenvalue weighted by molar-refractivity contribution is 5.10. The molecular weight excluding hydrogens is 184 g/mol. The van der Waals surface area contributed by atoms with Crippen molar-refractivity contribution in [3.8, 4) is 0 Å². The van der Waals surface area contributed by atoms with E-state index in [1.54, 1.807) is 0 Å². The van der Waals surface area contributed by atoms with Crippen LogP contribution < -0.4 is 0 Å². The monoisotopic (exact) mass is 208 g/mol. The van der Waals surface area contributed by atoms with Crippen LogP contribution in [0.4, 0.5) is 0 Å². The van der Waals surface area contributed by atoms with E-state index in [-0.39, 0.29) is 0 Å². The van der Waals surface area contributed by atoms with Crippen LogP contribution in [0.5, 0.6) is 0 Å². The zero-order chi connectivity index (χ0) is 10.9. The first-order valence-corrected chi connectivity index (χ1v) is 6.42. The highest BCUT2D eigenvalue weighted by Crippen LogP contribution is 2.51. The Labute approximate surface area is 93.6 Å². The lowest BCUT2D eigenvalue weighted by atomic mass is 9.67. The van der Waals surface area contributed by atoms with Crippen LogP contribution in [-0.2, 0) is 0 Å². The van der Waals surface area contributed by atoms with Gasteiger partial charge in [0.05, 0.1) is 5.60 Å². The smallest absolute Gasteiger partial charge is 0.0830 e. The molecule has 15 heavy (non-hydrogen) atoms. The van der Waals surface area contributed by atoms with Crippen LogP contribution in [0, 0.1) is 5.41 Å². The summed E-state index contributed by atoms with van der Waals surface area (Å²) >= 11 is 0. The summed E-state index contributed by atoms with van der Waals surface area (Å²) in [6.45, 7) is 4.16. The molecule has 0 atom stereocenters. The van der Waals surface area contributed by atoms with Gasteiger partial charge in [-0.3, -0.25) is 0 Å². The summed E-state index contributed by atoms with van der Waals surface area (Å²) in [4.78, 5) is 0. The largest absolute Gasteiger partial charge is 0.386 e. The Morgan fingerprint density at radius 3 is 1.93 bits per heavy atom. The Morgan fingerprint density at radius 1 is 0.933 bits per heavy atom. The van der Waals surface area contributed by atoms with Crippen LogP contribution >= 0.6 is 0 Å². The van der Waals surface area contributed by atoms with Gasteiger partial charge in [-0.1, -0.05) is 24.5 Å². The quantitative estimate of drug-likeness (QED) is 0.649. The molecular formula is C14H24O. The van der Waals surface area contributed by atoms with Crippen molar-refractivity contribution in [1.29, 1.82) is 0 Å². The van der Waals surface area contributed by atoms with Crippen molar-refractivity contribution in [2.75, 3.05) is 0 Å². The van der Waals surface area contributed by atoms with E-state index in [0.29, 0.717) is 5.41 Å². The molecule has 0 aromatic heterocycles. The van der Waals surface area contributed by atoms with Gasteiger partial charge in [-0.05, 0) is 57.8 Å². The maximum Gasteiger partial charge on any atom is 0.0830 e. The second-order valence-electron chi connectivity index (χ2n) is 6.03. The van der Waals surface area contributed by atoms with E-state index < -0.39 is 5.60 Å². The topological polar surface area (TPSA) is 20.2 Å². The lowest BCUT2D eigenvalue weighted by Crippen LogP contribution is -2.36. The van der Waals surface area contributed by atoms with E-state index in [2.05, 4.69) is 19.9 Å². The van der Waals surface area contributed by atoms with Gasteiger partial charge < -0.3 is 5.11 Å².